The average molecular weight is 278 g/mol. The molecule has 0 heterocycles. The van der Waals surface area contributed by atoms with Crippen molar-refractivity contribution in [2.45, 2.75) is 6.42 Å². The zero-order chi connectivity index (χ0) is 12.8. The van der Waals surface area contributed by atoms with Gasteiger partial charge in [-0.2, -0.15) is 0 Å². The standard InChI is InChI=1S/C10H12FN3O3.ClH/c11-7-2-3-8(9(6-7)14(16)17)10(15)13-5-1-4-12;/h2-3,6H,1,4-5,12H2,(H,13,15);1H. The van der Waals surface area contributed by atoms with Crippen molar-refractivity contribution < 1.29 is 14.1 Å². The average Bonchev–Trinajstić information content (AvgIpc) is 2.29. The summed E-state index contributed by atoms with van der Waals surface area (Å²) in [6.45, 7) is 0.732. The normalized spacial score (nSPS) is 9.44. The maximum atomic E-state index is 12.8. The molecule has 0 aliphatic heterocycles. The number of hydrogen-bond acceptors (Lipinski definition) is 4. The minimum Gasteiger partial charge on any atom is -0.352 e. The first-order valence-electron chi connectivity index (χ1n) is 4.98. The topological polar surface area (TPSA) is 98.3 Å². The molecule has 0 unspecified atom stereocenters. The number of amides is 1. The largest absolute Gasteiger partial charge is 0.352 e. The van der Waals surface area contributed by atoms with E-state index in [-0.39, 0.29) is 18.0 Å². The lowest BCUT2D eigenvalue weighted by molar-refractivity contribution is -0.385. The van der Waals surface area contributed by atoms with Crippen molar-refractivity contribution in [3.8, 4) is 0 Å². The van der Waals surface area contributed by atoms with Crippen molar-refractivity contribution in [3.63, 3.8) is 0 Å². The molecular weight excluding hydrogens is 265 g/mol. The second-order valence-corrected chi connectivity index (χ2v) is 3.32. The van der Waals surface area contributed by atoms with E-state index in [4.69, 9.17) is 5.73 Å². The van der Waals surface area contributed by atoms with Crippen LogP contribution in [0.5, 0.6) is 0 Å². The van der Waals surface area contributed by atoms with Gasteiger partial charge in [-0.3, -0.25) is 14.9 Å². The van der Waals surface area contributed by atoms with Crippen molar-refractivity contribution in [2.75, 3.05) is 13.1 Å². The van der Waals surface area contributed by atoms with Crippen LogP contribution in [-0.4, -0.2) is 23.9 Å². The lowest BCUT2D eigenvalue weighted by Crippen LogP contribution is -2.26. The maximum absolute atomic E-state index is 12.8. The van der Waals surface area contributed by atoms with Gasteiger partial charge in [0.25, 0.3) is 11.6 Å². The van der Waals surface area contributed by atoms with Gasteiger partial charge >= 0.3 is 0 Å². The summed E-state index contributed by atoms with van der Waals surface area (Å²) in [5.74, 6) is -1.36. The van der Waals surface area contributed by atoms with E-state index in [0.717, 1.165) is 18.2 Å². The summed E-state index contributed by atoms with van der Waals surface area (Å²) in [6, 6.07) is 2.81. The van der Waals surface area contributed by atoms with Crippen LogP contribution in [0.25, 0.3) is 0 Å². The number of carbonyl (C=O) groups is 1. The molecule has 1 aromatic carbocycles. The van der Waals surface area contributed by atoms with E-state index in [1.165, 1.54) is 0 Å². The summed E-state index contributed by atoms with van der Waals surface area (Å²) in [7, 11) is 0. The van der Waals surface area contributed by atoms with Crippen LogP contribution in [0.15, 0.2) is 18.2 Å². The van der Waals surface area contributed by atoms with Crippen molar-refractivity contribution >= 4 is 24.0 Å². The number of rotatable bonds is 5. The Kier molecular flexibility index (Phi) is 6.84. The van der Waals surface area contributed by atoms with Gasteiger partial charge < -0.3 is 11.1 Å². The lowest BCUT2D eigenvalue weighted by atomic mass is 10.1. The monoisotopic (exact) mass is 277 g/mol. The summed E-state index contributed by atoms with van der Waals surface area (Å²) in [5.41, 5.74) is 4.54. The second kappa shape index (κ2) is 7.57. The van der Waals surface area contributed by atoms with Gasteiger partial charge in [0.05, 0.1) is 11.0 Å². The molecule has 18 heavy (non-hydrogen) atoms. The molecule has 1 rings (SSSR count). The molecule has 0 spiro atoms. The van der Waals surface area contributed by atoms with Crippen LogP contribution < -0.4 is 11.1 Å². The van der Waals surface area contributed by atoms with Gasteiger partial charge in [0.1, 0.15) is 11.4 Å². The lowest BCUT2D eigenvalue weighted by Gasteiger charge is -2.04. The fourth-order valence-corrected chi connectivity index (χ4v) is 1.25. The van der Waals surface area contributed by atoms with Crippen molar-refractivity contribution in [1.29, 1.82) is 0 Å². The molecule has 0 saturated heterocycles. The Morgan fingerprint density at radius 1 is 1.50 bits per heavy atom. The number of benzene rings is 1. The van der Waals surface area contributed by atoms with E-state index >= 15 is 0 Å². The Labute approximate surface area is 109 Å². The molecule has 6 nitrogen and oxygen atoms in total. The Balaban J connectivity index is 0.00000289. The minimum absolute atomic E-state index is 0. The third-order valence-corrected chi connectivity index (χ3v) is 2.07. The van der Waals surface area contributed by atoms with Gasteiger partial charge in [-0.1, -0.05) is 0 Å². The molecular formula is C10H13ClFN3O3. The number of nitrogens with one attached hydrogen (secondary N) is 1. The van der Waals surface area contributed by atoms with Crippen molar-refractivity contribution in [1.82, 2.24) is 5.32 Å². The van der Waals surface area contributed by atoms with Crippen LogP contribution in [0.4, 0.5) is 10.1 Å². The molecule has 3 N–H and O–H groups in total. The maximum Gasteiger partial charge on any atom is 0.285 e. The predicted molar refractivity (Wildman–Crippen MR) is 66.3 cm³/mol. The number of nitrogens with zero attached hydrogens (tertiary/aromatic N) is 1. The molecule has 100 valence electrons. The summed E-state index contributed by atoms with van der Waals surface area (Å²) < 4.78 is 12.8. The van der Waals surface area contributed by atoms with Crippen LogP contribution in [0, 0.1) is 15.9 Å². The van der Waals surface area contributed by atoms with E-state index in [1.54, 1.807) is 0 Å². The minimum atomic E-state index is -0.791. The van der Waals surface area contributed by atoms with Crippen LogP contribution in [0.2, 0.25) is 0 Å². The van der Waals surface area contributed by atoms with Gasteiger partial charge in [-0.05, 0) is 25.1 Å². The summed E-state index contributed by atoms with van der Waals surface area (Å²) in [5, 5.41) is 13.1. The highest BCUT2D eigenvalue weighted by Crippen LogP contribution is 2.19. The SMILES string of the molecule is Cl.NCCCNC(=O)c1ccc(F)cc1[N+](=O)[O-]. The first-order valence-corrected chi connectivity index (χ1v) is 4.98. The zero-order valence-electron chi connectivity index (χ0n) is 9.39. The summed E-state index contributed by atoms with van der Waals surface area (Å²) >= 11 is 0. The zero-order valence-corrected chi connectivity index (χ0v) is 10.2. The number of nitro benzene ring substituents is 1. The van der Waals surface area contributed by atoms with Gasteiger partial charge in [-0.25, -0.2) is 4.39 Å². The predicted octanol–water partition coefficient (Wildman–Crippen LogP) is 1.23. The molecule has 0 aromatic heterocycles. The Morgan fingerprint density at radius 2 is 2.17 bits per heavy atom. The van der Waals surface area contributed by atoms with E-state index < -0.39 is 22.3 Å². The Morgan fingerprint density at radius 3 is 2.72 bits per heavy atom. The molecule has 8 heteroatoms. The number of nitrogens with two attached hydrogens (primary N) is 1. The Hall–Kier alpha value is -1.73. The van der Waals surface area contributed by atoms with E-state index in [2.05, 4.69) is 5.32 Å². The van der Waals surface area contributed by atoms with Crippen LogP contribution in [0.3, 0.4) is 0 Å². The van der Waals surface area contributed by atoms with Crippen molar-refractivity contribution in [2.24, 2.45) is 5.73 Å². The van der Waals surface area contributed by atoms with Gasteiger partial charge in [0, 0.05) is 6.54 Å². The third kappa shape index (κ3) is 4.27. The first-order chi connectivity index (χ1) is 8.06. The third-order valence-electron chi connectivity index (χ3n) is 2.07. The Bertz CT molecular complexity index is 442. The number of halogens is 2. The van der Waals surface area contributed by atoms with Gasteiger partial charge in [0.15, 0.2) is 0 Å². The van der Waals surface area contributed by atoms with E-state index in [1.807, 2.05) is 0 Å². The molecule has 1 aromatic rings. The quantitative estimate of drug-likeness (QED) is 0.480. The van der Waals surface area contributed by atoms with E-state index in [0.29, 0.717) is 19.5 Å². The smallest absolute Gasteiger partial charge is 0.285 e. The van der Waals surface area contributed by atoms with Gasteiger partial charge in [0.2, 0.25) is 0 Å². The molecule has 0 saturated carbocycles. The highest BCUT2D eigenvalue weighted by atomic mass is 35.5. The number of carbonyl (C=O) groups excluding carboxylic acids is 1. The summed E-state index contributed by atoms with van der Waals surface area (Å²) in [6.07, 6.45) is 0.570. The van der Waals surface area contributed by atoms with Crippen molar-refractivity contribution in [3.05, 3.63) is 39.7 Å². The van der Waals surface area contributed by atoms with Gasteiger partial charge in [-0.15, -0.1) is 12.4 Å². The fourth-order valence-electron chi connectivity index (χ4n) is 1.25. The molecule has 1 amide bonds. The first kappa shape index (κ1) is 16.3. The number of nitro groups is 1. The van der Waals surface area contributed by atoms with Crippen LogP contribution in [-0.2, 0) is 0 Å². The highest BCUT2D eigenvalue weighted by Gasteiger charge is 2.20. The molecule has 0 aliphatic carbocycles. The fraction of sp³-hybridized carbons (Fsp3) is 0.300. The second-order valence-electron chi connectivity index (χ2n) is 3.32. The molecule has 0 atom stereocenters. The molecule has 0 radical (unpaired) electrons. The molecule has 0 aliphatic rings. The molecule has 0 fully saturated rings. The number of hydrogen-bond donors (Lipinski definition) is 2. The van der Waals surface area contributed by atoms with Crippen LogP contribution >= 0.6 is 12.4 Å². The molecule has 0 bridgehead atoms. The summed E-state index contributed by atoms with van der Waals surface area (Å²) in [4.78, 5) is 21.4. The highest BCUT2D eigenvalue weighted by molar-refractivity contribution is 5.98. The van der Waals surface area contributed by atoms with E-state index in [9.17, 15) is 19.3 Å². The van der Waals surface area contributed by atoms with Crippen LogP contribution in [0.1, 0.15) is 16.8 Å².